The van der Waals surface area contributed by atoms with E-state index in [-0.39, 0.29) is 12.5 Å². The lowest BCUT2D eigenvalue weighted by Gasteiger charge is -2.30. The second-order valence-electron chi connectivity index (χ2n) is 6.71. The van der Waals surface area contributed by atoms with Gasteiger partial charge in [-0.3, -0.25) is 4.79 Å². The third kappa shape index (κ3) is 4.95. The molecule has 3 rings (SSSR count). The largest absolute Gasteiger partial charge is 0.484 e. The monoisotopic (exact) mass is 376 g/mol. The van der Waals surface area contributed by atoms with Gasteiger partial charge in [-0.05, 0) is 41.7 Å². The van der Waals surface area contributed by atoms with Crippen LogP contribution in [0.4, 0.5) is 0 Å². The number of fused-ring (bicyclic) bond motifs is 1. The molecule has 26 heavy (non-hydrogen) atoms. The first-order chi connectivity index (χ1) is 12.4. The van der Waals surface area contributed by atoms with Crippen LogP contribution in [0.3, 0.4) is 0 Å². The molecule has 0 atom stereocenters. The number of benzene rings is 2. The summed E-state index contributed by atoms with van der Waals surface area (Å²) < 4.78 is 30.1. The molecule has 2 aromatic rings. The van der Waals surface area contributed by atoms with Crippen LogP contribution in [-0.4, -0.2) is 51.1 Å². The maximum Gasteiger partial charge on any atom is 0.257 e. The number of nitrogens with zero attached hydrogens (tertiary/aromatic N) is 1. The smallest absolute Gasteiger partial charge is 0.257 e. The molecule has 140 valence electrons. The maximum absolute atomic E-state index is 12.0. The molecular weight excluding hydrogens is 352 g/mol. The van der Waals surface area contributed by atoms with Gasteiger partial charge in [-0.2, -0.15) is 0 Å². The Kier molecular flexibility index (Phi) is 5.78. The molecule has 1 N–H and O–H groups in total. The lowest BCUT2D eigenvalue weighted by atomic mass is 9.98. The molecule has 0 radical (unpaired) electrons. The van der Waals surface area contributed by atoms with Crippen LogP contribution >= 0.6 is 0 Å². The Bertz CT molecular complexity index is 874. The van der Waals surface area contributed by atoms with Crippen molar-refractivity contribution in [1.29, 1.82) is 0 Å². The van der Waals surface area contributed by atoms with Gasteiger partial charge in [-0.15, -0.1) is 0 Å². The van der Waals surface area contributed by atoms with E-state index in [0.29, 0.717) is 31.3 Å². The van der Waals surface area contributed by atoms with Crippen LogP contribution in [0.25, 0.3) is 10.8 Å². The fourth-order valence-corrected chi connectivity index (χ4v) is 4.03. The number of nitrogens with one attached hydrogen (secondary N) is 1. The molecule has 1 heterocycles. The van der Waals surface area contributed by atoms with Gasteiger partial charge < -0.3 is 10.1 Å². The van der Waals surface area contributed by atoms with Crippen LogP contribution < -0.4 is 10.1 Å². The minimum atomic E-state index is -3.11. The Hall–Kier alpha value is -2.12. The summed E-state index contributed by atoms with van der Waals surface area (Å²) in [4.78, 5) is 12.0. The number of carbonyl (C=O) groups excluding carboxylic acids is 1. The van der Waals surface area contributed by atoms with Crippen LogP contribution in [0.2, 0.25) is 0 Å². The highest BCUT2D eigenvalue weighted by atomic mass is 32.2. The van der Waals surface area contributed by atoms with Crippen molar-refractivity contribution in [2.45, 2.75) is 12.8 Å². The first kappa shape index (κ1) is 18.7. The van der Waals surface area contributed by atoms with Gasteiger partial charge in [0.25, 0.3) is 5.91 Å². The van der Waals surface area contributed by atoms with Crippen molar-refractivity contribution in [2.75, 3.05) is 32.5 Å². The average Bonchev–Trinajstić information content (AvgIpc) is 2.64. The zero-order valence-corrected chi connectivity index (χ0v) is 15.7. The number of ether oxygens (including phenoxy) is 1. The summed E-state index contributed by atoms with van der Waals surface area (Å²) in [6, 6.07) is 13.7. The van der Waals surface area contributed by atoms with Crippen molar-refractivity contribution in [3.8, 4) is 5.75 Å². The Balaban J connectivity index is 1.42. The van der Waals surface area contributed by atoms with Gasteiger partial charge in [0.2, 0.25) is 10.0 Å². The SMILES string of the molecule is CS(=O)(=O)N1CCC(CNC(=O)COc2ccc3ccccc3c2)CC1. The van der Waals surface area contributed by atoms with E-state index in [1.54, 1.807) is 0 Å². The predicted octanol–water partition coefficient (Wildman–Crippen LogP) is 2.01. The number of sulfonamides is 1. The van der Waals surface area contributed by atoms with Crippen molar-refractivity contribution >= 4 is 26.7 Å². The molecule has 0 unspecified atom stereocenters. The van der Waals surface area contributed by atoms with E-state index >= 15 is 0 Å². The number of hydrogen-bond donors (Lipinski definition) is 1. The van der Waals surface area contributed by atoms with Gasteiger partial charge in [-0.25, -0.2) is 12.7 Å². The third-order valence-corrected chi connectivity index (χ3v) is 6.02. The van der Waals surface area contributed by atoms with Gasteiger partial charge in [0.15, 0.2) is 6.61 Å². The Morgan fingerprint density at radius 1 is 1.15 bits per heavy atom. The van der Waals surface area contributed by atoms with Crippen LogP contribution in [0.15, 0.2) is 42.5 Å². The summed E-state index contributed by atoms with van der Waals surface area (Å²) >= 11 is 0. The molecule has 1 aliphatic heterocycles. The van der Waals surface area contributed by atoms with Crippen LogP contribution in [0.1, 0.15) is 12.8 Å². The van der Waals surface area contributed by atoms with E-state index < -0.39 is 10.0 Å². The van der Waals surface area contributed by atoms with Crippen molar-refractivity contribution in [3.05, 3.63) is 42.5 Å². The second-order valence-corrected chi connectivity index (χ2v) is 8.69. The lowest BCUT2D eigenvalue weighted by molar-refractivity contribution is -0.123. The molecule has 0 bridgehead atoms. The zero-order valence-electron chi connectivity index (χ0n) is 14.8. The Labute approximate surface area is 154 Å². The van der Waals surface area contributed by atoms with E-state index in [1.807, 2.05) is 42.5 Å². The van der Waals surface area contributed by atoms with Gasteiger partial charge in [0.1, 0.15) is 5.75 Å². The molecule has 0 saturated carbocycles. The highest BCUT2D eigenvalue weighted by molar-refractivity contribution is 7.88. The van der Waals surface area contributed by atoms with E-state index in [4.69, 9.17) is 4.74 Å². The molecule has 0 aliphatic carbocycles. The second kappa shape index (κ2) is 8.05. The van der Waals surface area contributed by atoms with Crippen LogP contribution in [0.5, 0.6) is 5.75 Å². The fourth-order valence-electron chi connectivity index (χ4n) is 3.16. The van der Waals surface area contributed by atoms with Crippen molar-refractivity contribution in [3.63, 3.8) is 0 Å². The Morgan fingerprint density at radius 2 is 1.85 bits per heavy atom. The zero-order chi connectivity index (χ0) is 18.6. The standard InChI is InChI=1S/C19H24N2O4S/c1-26(23,24)21-10-8-15(9-11-21)13-20-19(22)14-25-18-7-6-16-4-2-3-5-17(16)12-18/h2-7,12,15H,8-11,13-14H2,1H3,(H,20,22). The molecule has 1 aliphatic rings. The minimum absolute atomic E-state index is 0.0273. The molecular formula is C19H24N2O4S. The highest BCUT2D eigenvalue weighted by Crippen LogP contribution is 2.21. The van der Waals surface area contributed by atoms with E-state index in [0.717, 1.165) is 23.6 Å². The number of rotatable bonds is 6. The summed E-state index contributed by atoms with van der Waals surface area (Å²) in [6.07, 6.45) is 2.76. The minimum Gasteiger partial charge on any atom is -0.484 e. The molecule has 1 amide bonds. The van der Waals surface area contributed by atoms with Crippen LogP contribution in [-0.2, 0) is 14.8 Å². The maximum atomic E-state index is 12.0. The van der Waals surface area contributed by atoms with Crippen molar-refractivity contribution < 1.29 is 17.9 Å². The van der Waals surface area contributed by atoms with E-state index in [2.05, 4.69) is 5.32 Å². The van der Waals surface area contributed by atoms with Crippen molar-refractivity contribution in [2.24, 2.45) is 5.92 Å². The summed E-state index contributed by atoms with van der Waals surface area (Å²) in [5.74, 6) is 0.807. The first-order valence-electron chi connectivity index (χ1n) is 8.75. The Morgan fingerprint density at radius 3 is 2.54 bits per heavy atom. The molecule has 6 nitrogen and oxygen atoms in total. The number of carbonyl (C=O) groups is 1. The molecule has 0 spiro atoms. The molecule has 1 fully saturated rings. The topological polar surface area (TPSA) is 75.7 Å². The lowest BCUT2D eigenvalue weighted by Crippen LogP contribution is -2.41. The normalized spacial score (nSPS) is 16.5. The van der Waals surface area contributed by atoms with Gasteiger partial charge >= 0.3 is 0 Å². The molecule has 0 aromatic heterocycles. The summed E-state index contributed by atoms with van der Waals surface area (Å²) in [7, 11) is -3.11. The van der Waals surface area contributed by atoms with Gasteiger partial charge in [0, 0.05) is 19.6 Å². The van der Waals surface area contributed by atoms with E-state index in [9.17, 15) is 13.2 Å². The van der Waals surface area contributed by atoms with Crippen molar-refractivity contribution in [1.82, 2.24) is 9.62 Å². The summed E-state index contributed by atoms with van der Waals surface area (Å²) in [5.41, 5.74) is 0. The highest BCUT2D eigenvalue weighted by Gasteiger charge is 2.24. The third-order valence-electron chi connectivity index (χ3n) is 4.72. The van der Waals surface area contributed by atoms with Gasteiger partial charge in [0.05, 0.1) is 6.26 Å². The summed E-state index contributed by atoms with van der Waals surface area (Å²) in [6.45, 7) is 1.57. The fraction of sp³-hybridized carbons (Fsp3) is 0.421. The van der Waals surface area contributed by atoms with Crippen LogP contribution in [0, 0.1) is 5.92 Å². The molecule has 2 aromatic carbocycles. The quantitative estimate of drug-likeness (QED) is 0.837. The molecule has 7 heteroatoms. The van der Waals surface area contributed by atoms with Gasteiger partial charge in [-0.1, -0.05) is 30.3 Å². The average molecular weight is 376 g/mol. The number of piperidine rings is 1. The predicted molar refractivity (Wildman–Crippen MR) is 102 cm³/mol. The first-order valence-corrected chi connectivity index (χ1v) is 10.6. The molecule has 1 saturated heterocycles. The number of amides is 1. The number of hydrogen-bond acceptors (Lipinski definition) is 4. The van der Waals surface area contributed by atoms with E-state index in [1.165, 1.54) is 10.6 Å². The summed E-state index contributed by atoms with van der Waals surface area (Å²) in [5, 5.41) is 5.08.